The first-order valence-electron chi connectivity index (χ1n) is 8.21. The third-order valence-electron chi connectivity index (χ3n) is 3.77. The van der Waals surface area contributed by atoms with Crippen LogP contribution in [0.1, 0.15) is 11.3 Å². The van der Waals surface area contributed by atoms with Crippen LogP contribution in [0.15, 0.2) is 47.5 Å². The van der Waals surface area contributed by atoms with E-state index >= 15 is 0 Å². The topological polar surface area (TPSA) is 102 Å². The maximum Gasteiger partial charge on any atom is 0.240 e. The van der Waals surface area contributed by atoms with Crippen LogP contribution in [0, 0.1) is 13.8 Å². The van der Waals surface area contributed by atoms with E-state index in [1.54, 1.807) is 42.1 Å². The Morgan fingerprint density at radius 3 is 2.56 bits per heavy atom. The van der Waals surface area contributed by atoms with E-state index in [0.717, 1.165) is 5.69 Å². The normalized spacial score (nSPS) is 11.5. The molecule has 2 aromatic heterocycles. The van der Waals surface area contributed by atoms with Gasteiger partial charge in [-0.2, -0.15) is 5.10 Å². The molecule has 0 saturated carbocycles. The SMILES string of the molecule is Cc1ccn(-c2ccc(NCCNS(=O)(=O)c3cc(Cl)ccc3C)nn2)n1. The van der Waals surface area contributed by atoms with Gasteiger partial charge < -0.3 is 5.32 Å². The fourth-order valence-corrected chi connectivity index (χ4v) is 3.94. The lowest BCUT2D eigenvalue weighted by atomic mass is 10.2. The Morgan fingerprint density at radius 2 is 1.89 bits per heavy atom. The molecule has 0 aliphatic carbocycles. The highest BCUT2D eigenvalue weighted by Crippen LogP contribution is 2.19. The molecule has 0 amide bonds. The highest BCUT2D eigenvalue weighted by molar-refractivity contribution is 7.89. The number of nitrogens with zero attached hydrogens (tertiary/aromatic N) is 4. The van der Waals surface area contributed by atoms with Gasteiger partial charge in [0, 0.05) is 24.3 Å². The van der Waals surface area contributed by atoms with E-state index < -0.39 is 10.0 Å². The maximum absolute atomic E-state index is 12.4. The minimum atomic E-state index is -3.63. The van der Waals surface area contributed by atoms with Crippen molar-refractivity contribution >= 4 is 27.4 Å². The molecule has 2 heterocycles. The van der Waals surface area contributed by atoms with E-state index in [2.05, 4.69) is 25.3 Å². The number of halogens is 1. The molecular formula is C17H19ClN6O2S. The Balaban J connectivity index is 1.54. The van der Waals surface area contributed by atoms with Gasteiger partial charge in [0.2, 0.25) is 10.0 Å². The third kappa shape index (κ3) is 4.82. The summed E-state index contributed by atoms with van der Waals surface area (Å²) in [5.41, 5.74) is 1.52. The minimum absolute atomic E-state index is 0.175. The lowest BCUT2D eigenvalue weighted by Gasteiger charge is -2.10. The molecule has 0 aliphatic heterocycles. The summed E-state index contributed by atoms with van der Waals surface area (Å²) in [6.45, 7) is 4.16. The molecule has 0 atom stereocenters. The molecule has 0 unspecified atom stereocenters. The molecule has 27 heavy (non-hydrogen) atoms. The summed E-state index contributed by atoms with van der Waals surface area (Å²) in [5.74, 6) is 1.14. The smallest absolute Gasteiger partial charge is 0.240 e. The molecule has 0 bridgehead atoms. The fraction of sp³-hybridized carbons (Fsp3) is 0.235. The molecule has 0 aliphatic rings. The number of benzene rings is 1. The number of sulfonamides is 1. The van der Waals surface area contributed by atoms with Crippen LogP contribution in [0.4, 0.5) is 5.82 Å². The average Bonchev–Trinajstić information content (AvgIpc) is 3.07. The highest BCUT2D eigenvalue weighted by atomic mass is 35.5. The average molecular weight is 407 g/mol. The monoisotopic (exact) mass is 406 g/mol. The van der Waals surface area contributed by atoms with Crippen molar-refractivity contribution in [2.75, 3.05) is 18.4 Å². The molecule has 2 N–H and O–H groups in total. The summed E-state index contributed by atoms with van der Waals surface area (Å²) in [4.78, 5) is 0.175. The van der Waals surface area contributed by atoms with E-state index in [1.165, 1.54) is 6.07 Å². The lowest BCUT2D eigenvalue weighted by molar-refractivity contribution is 0.582. The van der Waals surface area contributed by atoms with Gasteiger partial charge >= 0.3 is 0 Å². The van der Waals surface area contributed by atoms with Gasteiger partial charge in [-0.25, -0.2) is 17.8 Å². The van der Waals surface area contributed by atoms with E-state index in [1.807, 2.05) is 13.0 Å². The highest BCUT2D eigenvalue weighted by Gasteiger charge is 2.16. The Kier molecular flexibility index (Phi) is 5.73. The molecule has 3 rings (SSSR count). The van der Waals surface area contributed by atoms with Crippen molar-refractivity contribution in [3.8, 4) is 5.82 Å². The van der Waals surface area contributed by atoms with Crippen molar-refractivity contribution in [3.05, 3.63) is 58.9 Å². The Bertz CT molecular complexity index is 1030. The number of hydrogen-bond acceptors (Lipinski definition) is 6. The molecule has 142 valence electrons. The number of aromatic nitrogens is 4. The summed E-state index contributed by atoms with van der Waals surface area (Å²) in [7, 11) is -3.63. The van der Waals surface area contributed by atoms with Gasteiger partial charge in [-0.05, 0) is 49.7 Å². The first-order chi connectivity index (χ1) is 12.8. The van der Waals surface area contributed by atoms with Crippen LogP contribution in [0.5, 0.6) is 0 Å². The van der Waals surface area contributed by atoms with Gasteiger partial charge in [-0.15, -0.1) is 10.2 Å². The molecular weight excluding hydrogens is 388 g/mol. The largest absolute Gasteiger partial charge is 0.367 e. The second-order valence-corrected chi connectivity index (χ2v) is 8.08. The Hall–Kier alpha value is -2.49. The quantitative estimate of drug-likeness (QED) is 0.584. The predicted octanol–water partition coefficient (Wildman–Crippen LogP) is 2.32. The number of rotatable bonds is 7. The van der Waals surface area contributed by atoms with Gasteiger partial charge in [0.05, 0.1) is 10.6 Å². The van der Waals surface area contributed by atoms with Gasteiger partial charge in [0.1, 0.15) is 5.82 Å². The van der Waals surface area contributed by atoms with Crippen molar-refractivity contribution < 1.29 is 8.42 Å². The minimum Gasteiger partial charge on any atom is -0.367 e. The van der Waals surface area contributed by atoms with E-state index in [0.29, 0.717) is 28.8 Å². The van der Waals surface area contributed by atoms with Crippen molar-refractivity contribution in [1.82, 2.24) is 24.7 Å². The second kappa shape index (κ2) is 8.03. The van der Waals surface area contributed by atoms with Crippen LogP contribution in [-0.2, 0) is 10.0 Å². The van der Waals surface area contributed by atoms with Crippen molar-refractivity contribution in [3.63, 3.8) is 0 Å². The number of aryl methyl sites for hydroxylation is 2. The molecule has 1 aromatic carbocycles. The van der Waals surface area contributed by atoms with Gasteiger partial charge in [-0.1, -0.05) is 17.7 Å². The summed E-state index contributed by atoms with van der Waals surface area (Å²) in [5, 5.41) is 15.8. The maximum atomic E-state index is 12.4. The van der Waals surface area contributed by atoms with Crippen LogP contribution in [0.25, 0.3) is 5.82 Å². The molecule has 3 aromatic rings. The van der Waals surface area contributed by atoms with Gasteiger partial charge in [-0.3, -0.25) is 0 Å². The summed E-state index contributed by atoms with van der Waals surface area (Å²) >= 11 is 5.90. The van der Waals surface area contributed by atoms with E-state index in [9.17, 15) is 8.42 Å². The first kappa shape index (κ1) is 19.3. The van der Waals surface area contributed by atoms with Crippen LogP contribution in [0.2, 0.25) is 5.02 Å². The number of anilines is 1. The standard InChI is InChI=1S/C17H19ClN6O2S/c1-12-3-4-14(18)11-15(12)27(25,26)20-9-8-19-16-5-6-17(22-21-16)24-10-7-13(2)23-24/h3-7,10-11,20H,8-9H2,1-2H3,(H,19,21). The lowest BCUT2D eigenvalue weighted by Crippen LogP contribution is -2.29. The van der Waals surface area contributed by atoms with Crippen molar-refractivity contribution in [2.24, 2.45) is 0 Å². The fourth-order valence-electron chi connectivity index (χ4n) is 2.40. The Labute approximate surface area is 162 Å². The molecule has 0 saturated heterocycles. The zero-order valence-electron chi connectivity index (χ0n) is 14.8. The number of hydrogen-bond donors (Lipinski definition) is 2. The van der Waals surface area contributed by atoms with Crippen LogP contribution in [-0.4, -0.2) is 41.5 Å². The van der Waals surface area contributed by atoms with Crippen LogP contribution in [0.3, 0.4) is 0 Å². The van der Waals surface area contributed by atoms with Crippen LogP contribution < -0.4 is 10.0 Å². The molecule has 0 radical (unpaired) electrons. The third-order valence-corrected chi connectivity index (χ3v) is 5.61. The zero-order chi connectivity index (χ0) is 19.4. The van der Waals surface area contributed by atoms with Gasteiger partial charge in [0.15, 0.2) is 5.82 Å². The van der Waals surface area contributed by atoms with Crippen molar-refractivity contribution in [2.45, 2.75) is 18.7 Å². The molecule has 8 nitrogen and oxygen atoms in total. The van der Waals surface area contributed by atoms with Crippen LogP contribution >= 0.6 is 11.6 Å². The second-order valence-electron chi connectivity index (χ2n) is 5.91. The summed E-state index contributed by atoms with van der Waals surface area (Å²) < 4.78 is 28.9. The van der Waals surface area contributed by atoms with E-state index in [4.69, 9.17) is 11.6 Å². The number of nitrogens with one attached hydrogen (secondary N) is 2. The molecule has 0 fully saturated rings. The molecule has 0 spiro atoms. The summed E-state index contributed by atoms with van der Waals surface area (Å²) in [6, 6.07) is 10.2. The van der Waals surface area contributed by atoms with E-state index in [-0.39, 0.29) is 11.4 Å². The predicted molar refractivity (Wildman–Crippen MR) is 104 cm³/mol. The Morgan fingerprint density at radius 1 is 1.07 bits per heavy atom. The molecule has 10 heteroatoms. The first-order valence-corrected chi connectivity index (χ1v) is 10.1. The van der Waals surface area contributed by atoms with Gasteiger partial charge in [0.25, 0.3) is 0 Å². The van der Waals surface area contributed by atoms with Crippen molar-refractivity contribution in [1.29, 1.82) is 0 Å². The summed E-state index contributed by atoms with van der Waals surface area (Å²) in [6.07, 6.45) is 1.80. The zero-order valence-corrected chi connectivity index (χ0v) is 16.4.